The van der Waals surface area contributed by atoms with E-state index in [2.05, 4.69) is 5.32 Å². The normalized spacial score (nSPS) is 11.6. The summed E-state index contributed by atoms with van der Waals surface area (Å²) in [7, 11) is 0. The summed E-state index contributed by atoms with van der Waals surface area (Å²) in [5, 5.41) is 12.5. The number of hydrogen-bond acceptors (Lipinski definition) is 3. The van der Waals surface area contributed by atoms with E-state index in [0.29, 0.717) is 16.1 Å². The lowest BCUT2D eigenvalue weighted by atomic mass is 10.0. The molecule has 0 bridgehead atoms. The van der Waals surface area contributed by atoms with Gasteiger partial charge in [-0.15, -0.1) is 0 Å². The van der Waals surface area contributed by atoms with E-state index in [0.717, 1.165) is 0 Å². The van der Waals surface area contributed by atoms with Gasteiger partial charge in [-0.05, 0) is 54.4 Å². The maximum absolute atomic E-state index is 13.4. The number of benzene rings is 3. The first-order valence-electron chi connectivity index (χ1n) is 9.15. The first kappa shape index (κ1) is 21.3. The highest BCUT2D eigenvalue weighted by Crippen LogP contribution is 2.26. The van der Waals surface area contributed by atoms with Crippen molar-refractivity contribution in [2.24, 2.45) is 0 Å². The summed E-state index contributed by atoms with van der Waals surface area (Å²) < 4.78 is 19.1. The number of hydrogen-bond donors (Lipinski definition) is 2. The zero-order valence-electron chi connectivity index (χ0n) is 16.1. The first-order chi connectivity index (χ1) is 14.3. The van der Waals surface area contributed by atoms with Crippen molar-refractivity contribution >= 4 is 23.5 Å². The number of carbonyl (C=O) groups is 2. The molecular formula is C23H19ClFNO4. The second-order valence-corrected chi connectivity index (χ2v) is 7.08. The maximum Gasteiger partial charge on any atom is 0.336 e. The number of rotatable bonds is 7. The largest absolute Gasteiger partial charge is 0.488 e. The van der Waals surface area contributed by atoms with E-state index in [-0.39, 0.29) is 29.3 Å². The molecule has 0 fully saturated rings. The van der Waals surface area contributed by atoms with Crippen molar-refractivity contribution in [2.45, 2.75) is 19.6 Å². The first-order valence-corrected chi connectivity index (χ1v) is 9.53. The van der Waals surface area contributed by atoms with Crippen LogP contribution < -0.4 is 10.1 Å². The quantitative estimate of drug-likeness (QED) is 0.540. The smallest absolute Gasteiger partial charge is 0.336 e. The number of nitrogens with one attached hydrogen (secondary N) is 1. The summed E-state index contributed by atoms with van der Waals surface area (Å²) in [4.78, 5) is 24.3. The molecule has 3 rings (SSSR count). The number of aromatic carboxylic acids is 1. The minimum atomic E-state index is -1.08. The summed E-state index contributed by atoms with van der Waals surface area (Å²) in [6, 6.07) is 16.5. The third kappa shape index (κ3) is 5.15. The van der Waals surface area contributed by atoms with Gasteiger partial charge < -0.3 is 15.2 Å². The molecule has 2 N–H and O–H groups in total. The van der Waals surface area contributed by atoms with E-state index < -0.39 is 17.9 Å². The fourth-order valence-electron chi connectivity index (χ4n) is 3.01. The summed E-state index contributed by atoms with van der Waals surface area (Å²) in [6.45, 7) is 1.76. The monoisotopic (exact) mass is 427 g/mol. The number of amides is 1. The highest BCUT2D eigenvalue weighted by Gasteiger charge is 2.20. The Morgan fingerprint density at radius 2 is 1.83 bits per heavy atom. The maximum atomic E-state index is 13.4. The molecule has 0 unspecified atom stereocenters. The van der Waals surface area contributed by atoms with Crippen LogP contribution in [0, 0.1) is 5.82 Å². The SMILES string of the molecule is C[C@H](NC(=O)c1cc(Cl)ccc1OCc1cccc(F)c1)c1ccccc1C(=O)O. The fraction of sp³-hybridized carbons (Fsp3) is 0.130. The van der Waals surface area contributed by atoms with Crippen LogP contribution in [0.2, 0.25) is 5.02 Å². The molecule has 154 valence electrons. The van der Waals surface area contributed by atoms with Gasteiger partial charge in [-0.2, -0.15) is 0 Å². The summed E-state index contributed by atoms with van der Waals surface area (Å²) in [5.41, 5.74) is 1.39. The van der Waals surface area contributed by atoms with Gasteiger partial charge in [0, 0.05) is 5.02 Å². The van der Waals surface area contributed by atoms with Crippen LogP contribution in [0.1, 0.15) is 44.8 Å². The third-order valence-corrected chi connectivity index (χ3v) is 4.71. The molecular weight excluding hydrogens is 409 g/mol. The molecule has 7 heteroatoms. The van der Waals surface area contributed by atoms with Gasteiger partial charge in [0.05, 0.1) is 17.2 Å². The van der Waals surface area contributed by atoms with Crippen molar-refractivity contribution in [2.75, 3.05) is 0 Å². The molecule has 0 spiro atoms. The van der Waals surface area contributed by atoms with Crippen LogP contribution in [0.25, 0.3) is 0 Å². The number of ether oxygens (including phenoxy) is 1. The Morgan fingerprint density at radius 1 is 1.07 bits per heavy atom. The van der Waals surface area contributed by atoms with Crippen LogP contribution in [0.15, 0.2) is 66.7 Å². The van der Waals surface area contributed by atoms with Crippen molar-refractivity contribution in [3.05, 3.63) is 99.8 Å². The number of halogens is 2. The Labute approximate surface area is 178 Å². The van der Waals surface area contributed by atoms with Crippen molar-refractivity contribution in [1.82, 2.24) is 5.32 Å². The molecule has 3 aromatic rings. The fourth-order valence-corrected chi connectivity index (χ4v) is 3.19. The summed E-state index contributed by atoms with van der Waals surface area (Å²) in [6.07, 6.45) is 0. The van der Waals surface area contributed by atoms with Crippen LogP contribution >= 0.6 is 11.6 Å². The molecule has 5 nitrogen and oxygen atoms in total. The zero-order valence-corrected chi connectivity index (χ0v) is 16.8. The molecule has 0 aliphatic carbocycles. The standard InChI is InChI=1S/C23H19ClFNO4/c1-14(18-7-2-3-8-19(18)23(28)29)26-22(27)20-12-16(24)9-10-21(20)30-13-15-5-4-6-17(25)11-15/h2-12,14H,13H2,1H3,(H,26,27)(H,28,29)/t14-/m0/s1. The van der Waals surface area contributed by atoms with Crippen LogP contribution in [-0.4, -0.2) is 17.0 Å². The second kappa shape index (κ2) is 9.41. The van der Waals surface area contributed by atoms with Gasteiger partial charge in [-0.3, -0.25) is 4.79 Å². The average Bonchev–Trinajstić information content (AvgIpc) is 2.72. The molecule has 0 saturated heterocycles. The van der Waals surface area contributed by atoms with E-state index >= 15 is 0 Å². The van der Waals surface area contributed by atoms with Crippen molar-refractivity contribution in [3.8, 4) is 5.75 Å². The molecule has 3 aromatic carbocycles. The van der Waals surface area contributed by atoms with Gasteiger partial charge in [0.1, 0.15) is 18.2 Å². The lowest BCUT2D eigenvalue weighted by molar-refractivity contribution is 0.0693. The Balaban J connectivity index is 1.80. The van der Waals surface area contributed by atoms with Crippen LogP contribution in [0.5, 0.6) is 5.75 Å². The lowest BCUT2D eigenvalue weighted by Gasteiger charge is -2.18. The molecule has 0 aromatic heterocycles. The molecule has 0 aliphatic heterocycles. The van der Waals surface area contributed by atoms with Gasteiger partial charge in [-0.25, -0.2) is 9.18 Å². The van der Waals surface area contributed by atoms with E-state index in [4.69, 9.17) is 16.3 Å². The molecule has 1 amide bonds. The summed E-state index contributed by atoms with van der Waals surface area (Å²) >= 11 is 6.06. The van der Waals surface area contributed by atoms with Gasteiger partial charge in [0.25, 0.3) is 5.91 Å². The minimum absolute atomic E-state index is 0.0665. The highest BCUT2D eigenvalue weighted by molar-refractivity contribution is 6.31. The van der Waals surface area contributed by atoms with Gasteiger partial charge in [0.2, 0.25) is 0 Å². The summed E-state index contributed by atoms with van der Waals surface area (Å²) in [5.74, 6) is -1.65. The van der Waals surface area contributed by atoms with E-state index in [9.17, 15) is 19.1 Å². The third-order valence-electron chi connectivity index (χ3n) is 4.47. The van der Waals surface area contributed by atoms with Crippen molar-refractivity contribution in [3.63, 3.8) is 0 Å². The van der Waals surface area contributed by atoms with Crippen LogP contribution in [-0.2, 0) is 6.61 Å². The van der Waals surface area contributed by atoms with Crippen molar-refractivity contribution in [1.29, 1.82) is 0 Å². The predicted octanol–water partition coefficient (Wildman–Crippen LogP) is 5.25. The van der Waals surface area contributed by atoms with E-state index in [1.807, 2.05) is 0 Å². The topological polar surface area (TPSA) is 75.6 Å². The Hall–Kier alpha value is -3.38. The van der Waals surface area contributed by atoms with Crippen LogP contribution in [0.3, 0.4) is 0 Å². The average molecular weight is 428 g/mol. The van der Waals surface area contributed by atoms with E-state index in [1.165, 1.54) is 24.3 Å². The molecule has 0 radical (unpaired) electrons. The number of carboxylic acid groups (broad SMARTS) is 1. The number of carbonyl (C=O) groups excluding carboxylic acids is 1. The van der Waals surface area contributed by atoms with Gasteiger partial charge in [-0.1, -0.05) is 41.9 Å². The minimum Gasteiger partial charge on any atom is -0.488 e. The van der Waals surface area contributed by atoms with Gasteiger partial charge in [0.15, 0.2) is 0 Å². The number of carboxylic acids is 1. The van der Waals surface area contributed by atoms with E-state index in [1.54, 1.807) is 49.4 Å². The predicted molar refractivity (Wildman–Crippen MR) is 111 cm³/mol. The molecule has 30 heavy (non-hydrogen) atoms. The Bertz CT molecular complexity index is 1090. The van der Waals surface area contributed by atoms with Crippen molar-refractivity contribution < 1.29 is 23.8 Å². The van der Waals surface area contributed by atoms with Crippen LogP contribution in [0.4, 0.5) is 4.39 Å². The molecule has 0 saturated carbocycles. The Kier molecular flexibility index (Phi) is 6.69. The Morgan fingerprint density at radius 3 is 2.57 bits per heavy atom. The molecule has 1 atom stereocenters. The molecule has 0 aliphatic rings. The van der Waals surface area contributed by atoms with Gasteiger partial charge >= 0.3 is 5.97 Å². The lowest BCUT2D eigenvalue weighted by Crippen LogP contribution is -2.28. The molecule has 0 heterocycles. The highest BCUT2D eigenvalue weighted by atomic mass is 35.5. The zero-order chi connectivity index (χ0) is 21.7. The second-order valence-electron chi connectivity index (χ2n) is 6.65.